The third kappa shape index (κ3) is 2.16. The zero-order chi connectivity index (χ0) is 15.0. The fourth-order valence-corrected chi connectivity index (χ4v) is 2.76. The normalized spacial score (nSPS) is 10.8. The van der Waals surface area contributed by atoms with Gasteiger partial charge in [0.2, 0.25) is 0 Å². The molecule has 0 unspecified atom stereocenters. The molecule has 0 radical (unpaired) electrons. The standard InChI is InChI=1S/C17H12ClNO2/c1-11-14(12-7-3-2-4-8-12)13-9-5-6-10-19(13)15(11)16(20)17(18)21/h2-10H,1H3. The van der Waals surface area contributed by atoms with Gasteiger partial charge in [0, 0.05) is 11.8 Å². The lowest BCUT2D eigenvalue weighted by Gasteiger charge is -2.01. The number of benzene rings is 1. The number of carbonyl (C=O) groups is 2. The lowest BCUT2D eigenvalue weighted by molar-refractivity contribution is -0.108. The van der Waals surface area contributed by atoms with Crippen molar-refractivity contribution in [2.45, 2.75) is 6.92 Å². The van der Waals surface area contributed by atoms with Gasteiger partial charge in [-0.15, -0.1) is 0 Å². The Morgan fingerprint density at radius 2 is 1.67 bits per heavy atom. The molecular weight excluding hydrogens is 286 g/mol. The van der Waals surface area contributed by atoms with Gasteiger partial charge in [-0.1, -0.05) is 36.4 Å². The maximum Gasteiger partial charge on any atom is 0.294 e. The van der Waals surface area contributed by atoms with Crippen molar-refractivity contribution in [3.05, 3.63) is 66.0 Å². The van der Waals surface area contributed by atoms with Crippen LogP contribution in [0.15, 0.2) is 54.7 Å². The molecule has 21 heavy (non-hydrogen) atoms. The van der Waals surface area contributed by atoms with Gasteiger partial charge in [0.25, 0.3) is 11.0 Å². The number of Topliss-reactive ketones (excluding diaryl/α,β-unsaturated/α-hetero) is 1. The molecule has 0 fully saturated rings. The first-order valence-electron chi connectivity index (χ1n) is 6.50. The molecule has 3 rings (SSSR count). The summed E-state index contributed by atoms with van der Waals surface area (Å²) in [5.74, 6) is -0.683. The van der Waals surface area contributed by atoms with Crippen LogP contribution in [0.25, 0.3) is 16.6 Å². The predicted octanol–water partition coefficient (Wildman–Crippen LogP) is 3.86. The number of halogens is 1. The maximum absolute atomic E-state index is 12.1. The minimum Gasteiger partial charge on any atom is -0.313 e. The largest absolute Gasteiger partial charge is 0.313 e. The molecule has 0 aliphatic carbocycles. The van der Waals surface area contributed by atoms with E-state index in [4.69, 9.17) is 11.6 Å². The second kappa shape index (κ2) is 5.19. The molecule has 0 amide bonds. The highest BCUT2D eigenvalue weighted by Crippen LogP contribution is 2.33. The van der Waals surface area contributed by atoms with Gasteiger partial charge < -0.3 is 4.40 Å². The Morgan fingerprint density at radius 1 is 1.00 bits per heavy atom. The summed E-state index contributed by atoms with van der Waals surface area (Å²) < 4.78 is 1.72. The molecule has 0 saturated carbocycles. The molecular formula is C17H12ClNO2. The van der Waals surface area contributed by atoms with E-state index >= 15 is 0 Å². The molecule has 3 aromatic rings. The van der Waals surface area contributed by atoms with Crippen molar-refractivity contribution in [1.29, 1.82) is 0 Å². The summed E-state index contributed by atoms with van der Waals surface area (Å²) in [5.41, 5.74) is 3.90. The van der Waals surface area contributed by atoms with E-state index in [2.05, 4.69) is 0 Å². The van der Waals surface area contributed by atoms with Gasteiger partial charge in [-0.05, 0) is 41.8 Å². The van der Waals surface area contributed by atoms with Crippen LogP contribution in [0.2, 0.25) is 0 Å². The van der Waals surface area contributed by atoms with Crippen LogP contribution in [0.5, 0.6) is 0 Å². The van der Waals surface area contributed by atoms with E-state index < -0.39 is 11.0 Å². The fourth-order valence-electron chi connectivity index (χ4n) is 2.68. The van der Waals surface area contributed by atoms with Crippen LogP contribution in [-0.4, -0.2) is 15.4 Å². The highest BCUT2D eigenvalue weighted by atomic mass is 35.5. The SMILES string of the molecule is Cc1c(-c2ccccc2)c2ccccn2c1C(=O)C(=O)Cl. The summed E-state index contributed by atoms with van der Waals surface area (Å²) >= 11 is 5.39. The van der Waals surface area contributed by atoms with Crippen molar-refractivity contribution >= 4 is 28.1 Å². The van der Waals surface area contributed by atoms with Crippen molar-refractivity contribution in [3.63, 3.8) is 0 Å². The Morgan fingerprint density at radius 3 is 2.33 bits per heavy atom. The lowest BCUT2D eigenvalue weighted by Crippen LogP contribution is -2.11. The molecule has 0 aliphatic rings. The van der Waals surface area contributed by atoms with Crippen LogP contribution in [0.3, 0.4) is 0 Å². The number of ketones is 1. The molecule has 4 heteroatoms. The number of aromatic nitrogens is 1. The zero-order valence-corrected chi connectivity index (χ0v) is 12.1. The Labute approximate surface area is 126 Å². The first-order valence-corrected chi connectivity index (χ1v) is 6.88. The first-order chi connectivity index (χ1) is 10.1. The van der Waals surface area contributed by atoms with E-state index in [1.807, 2.05) is 55.5 Å². The Hall–Kier alpha value is -2.39. The van der Waals surface area contributed by atoms with E-state index in [9.17, 15) is 9.59 Å². The van der Waals surface area contributed by atoms with Gasteiger partial charge in [0.05, 0.1) is 5.52 Å². The number of fused-ring (bicyclic) bond motifs is 1. The highest BCUT2D eigenvalue weighted by Gasteiger charge is 2.24. The number of carbonyl (C=O) groups excluding carboxylic acids is 2. The van der Waals surface area contributed by atoms with Gasteiger partial charge in [-0.2, -0.15) is 0 Å². The molecule has 1 aromatic carbocycles. The third-order valence-electron chi connectivity index (χ3n) is 3.54. The number of hydrogen-bond donors (Lipinski definition) is 0. The Bertz CT molecular complexity index is 850. The van der Waals surface area contributed by atoms with Crippen LogP contribution < -0.4 is 0 Å². The summed E-state index contributed by atoms with van der Waals surface area (Å²) in [6, 6.07) is 15.4. The summed E-state index contributed by atoms with van der Waals surface area (Å²) in [4.78, 5) is 23.4. The predicted molar refractivity (Wildman–Crippen MR) is 82.8 cm³/mol. The molecule has 0 atom stereocenters. The Balaban J connectivity index is 2.39. The minimum atomic E-state index is -0.971. The fraction of sp³-hybridized carbons (Fsp3) is 0.0588. The van der Waals surface area contributed by atoms with E-state index in [0.29, 0.717) is 5.69 Å². The summed E-state index contributed by atoms with van der Waals surface area (Å²) in [7, 11) is 0. The van der Waals surface area contributed by atoms with Gasteiger partial charge in [-0.3, -0.25) is 9.59 Å². The molecule has 104 valence electrons. The quantitative estimate of drug-likeness (QED) is 0.418. The first kappa shape index (κ1) is 13.6. The van der Waals surface area contributed by atoms with E-state index in [-0.39, 0.29) is 0 Å². The average Bonchev–Trinajstić information content (AvgIpc) is 2.79. The van der Waals surface area contributed by atoms with E-state index in [1.165, 1.54) is 0 Å². The van der Waals surface area contributed by atoms with Crippen molar-refractivity contribution in [2.24, 2.45) is 0 Å². The smallest absolute Gasteiger partial charge is 0.294 e. The maximum atomic E-state index is 12.1. The van der Waals surface area contributed by atoms with Crippen molar-refractivity contribution < 1.29 is 9.59 Å². The van der Waals surface area contributed by atoms with Crippen LogP contribution in [0.4, 0.5) is 0 Å². The molecule has 0 N–H and O–H groups in total. The monoisotopic (exact) mass is 297 g/mol. The Kier molecular flexibility index (Phi) is 3.35. The molecule has 2 heterocycles. The van der Waals surface area contributed by atoms with Gasteiger partial charge in [0.1, 0.15) is 5.69 Å². The molecule has 3 nitrogen and oxygen atoms in total. The van der Waals surface area contributed by atoms with Crippen LogP contribution in [0, 0.1) is 6.92 Å². The molecule has 0 spiro atoms. The lowest BCUT2D eigenvalue weighted by atomic mass is 10.0. The second-order valence-electron chi connectivity index (χ2n) is 4.77. The van der Waals surface area contributed by atoms with Gasteiger partial charge in [-0.25, -0.2) is 0 Å². The second-order valence-corrected chi connectivity index (χ2v) is 5.12. The number of pyridine rings is 1. The van der Waals surface area contributed by atoms with Gasteiger partial charge in [0.15, 0.2) is 0 Å². The van der Waals surface area contributed by atoms with Crippen molar-refractivity contribution in [1.82, 2.24) is 4.40 Å². The summed E-state index contributed by atoms with van der Waals surface area (Å²) in [6.45, 7) is 1.84. The number of hydrogen-bond acceptors (Lipinski definition) is 2. The summed E-state index contributed by atoms with van der Waals surface area (Å²) in [6.07, 6.45) is 1.77. The molecule has 0 bridgehead atoms. The van der Waals surface area contributed by atoms with E-state index in [1.54, 1.807) is 10.6 Å². The molecule has 0 aliphatic heterocycles. The summed E-state index contributed by atoms with van der Waals surface area (Å²) in [5, 5.41) is -0.971. The van der Waals surface area contributed by atoms with Crippen LogP contribution >= 0.6 is 11.6 Å². The van der Waals surface area contributed by atoms with Crippen LogP contribution in [0.1, 0.15) is 16.1 Å². The molecule has 0 saturated heterocycles. The topological polar surface area (TPSA) is 38.5 Å². The van der Waals surface area contributed by atoms with Crippen LogP contribution in [-0.2, 0) is 4.79 Å². The van der Waals surface area contributed by atoms with E-state index in [0.717, 1.165) is 22.2 Å². The van der Waals surface area contributed by atoms with Crippen molar-refractivity contribution in [2.75, 3.05) is 0 Å². The number of nitrogens with zero attached hydrogens (tertiary/aromatic N) is 1. The average molecular weight is 298 g/mol. The molecule has 2 aromatic heterocycles. The number of rotatable bonds is 3. The van der Waals surface area contributed by atoms with Gasteiger partial charge >= 0.3 is 0 Å². The highest BCUT2D eigenvalue weighted by molar-refractivity contribution is 6.83. The minimum absolute atomic E-state index is 0.324. The zero-order valence-electron chi connectivity index (χ0n) is 11.3. The third-order valence-corrected chi connectivity index (χ3v) is 3.71. The van der Waals surface area contributed by atoms with Crippen molar-refractivity contribution in [3.8, 4) is 11.1 Å².